The van der Waals surface area contributed by atoms with E-state index in [9.17, 15) is 4.79 Å². The van der Waals surface area contributed by atoms with Gasteiger partial charge in [0.15, 0.2) is 0 Å². The molecule has 1 unspecified atom stereocenters. The first-order valence-corrected chi connectivity index (χ1v) is 7.13. The van der Waals surface area contributed by atoms with E-state index in [1.54, 1.807) is 0 Å². The third kappa shape index (κ3) is 4.54. The third-order valence-electron chi connectivity index (χ3n) is 3.63. The first-order chi connectivity index (χ1) is 9.75. The number of rotatable bonds is 7. The highest BCUT2D eigenvalue weighted by Gasteiger charge is 2.12. The summed E-state index contributed by atoms with van der Waals surface area (Å²) in [7, 11) is 0. The molecule has 0 aliphatic rings. The minimum absolute atomic E-state index is 0.217. The molecule has 0 saturated carbocycles. The van der Waals surface area contributed by atoms with Gasteiger partial charge < -0.3 is 5.73 Å². The fourth-order valence-electron chi connectivity index (χ4n) is 2.50. The topological polar surface area (TPSA) is 43.1 Å². The SMILES string of the molecule is NC(=O)CCC(CCc1ccccc1)c1ccccc1. The lowest BCUT2D eigenvalue weighted by Gasteiger charge is -2.16. The van der Waals surface area contributed by atoms with Crippen LogP contribution in [0.3, 0.4) is 0 Å². The van der Waals surface area contributed by atoms with E-state index in [2.05, 4.69) is 48.5 Å². The number of carbonyl (C=O) groups is 1. The van der Waals surface area contributed by atoms with E-state index >= 15 is 0 Å². The Hall–Kier alpha value is -2.09. The van der Waals surface area contributed by atoms with E-state index in [0.29, 0.717) is 12.3 Å². The number of nitrogens with two attached hydrogens (primary N) is 1. The predicted molar refractivity (Wildman–Crippen MR) is 82.4 cm³/mol. The number of primary amides is 1. The van der Waals surface area contributed by atoms with Crippen LogP contribution in [0.25, 0.3) is 0 Å². The Morgan fingerprint density at radius 2 is 1.50 bits per heavy atom. The molecule has 0 bridgehead atoms. The Balaban J connectivity index is 2.01. The standard InChI is InChI=1S/C18H21NO/c19-18(20)14-13-17(16-9-5-2-6-10-16)12-11-15-7-3-1-4-8-15/h1-10,17H,11-14H2,(H2,19,20). The summed E-state index contributed by atoms with van der Waals surface area (Å²) in [6.07, 6.45) is 3.35. The van der Waals surface area contributed by atoms with Crippen LogP contribution in [0, 0.1) is 0 Å². The fourth-order valence-corrected chi connectivity index (χ4v) is 2.50. The Labute approximate surface area is 120 Å². The zero-order chi connectivity index (χ0) is 14.2. The summed E-state index contributed by atoms with van der Waals surface area (Å²) in [5.74, 6) is 0.176. The molecule has 2 rings (SSSR count). The number of carbonyl (C=O) groups excluding carboxylic acids is 1. The molecule has 1 atom stereocenters. The van der Waals surface area contributed by atoms with Crippen molar-refractivity contribution in [3.05, 3.63) is 71.8 Å². The molecule has 2 aromatic rings. The van der Waals surface area contributed by atoms with Crippen molar-refractivity contribution in [2.75, 3.05) is 0 Å². The number of aryl methyl sites for hydroxylation is 1. The maximum Gasteiger partial charge on any atom is 0.217 e. The molecule has 2 nitrogen and oxygen atoms in total. The lowest BCUT2D eigenvalue weighted by molar-refractivity contribution is -0.118. The van der Waals surface area contributed by atoms with Gasteiger partial charge in [-0.2, -0.15) is 0 Å². The summed E-state index contributed by atoms with van der Waals surface area (Å²) in [4.78, 5) is 11.0. The van der Waals surface area contributed by atoms with Crippen molar-refractivity contribution < 1.29 is 4.79 Å². The second-order valence-corrected chi connectivity index (χ2v) is 5.14. The van der Waals surface area contributed by atoms with Crippen LogP contribution in [0.15, 0.2) is 60.7 Å². The van der Waals surface area contributed by atoms with Crippen molar-refractivity contribution in [1.82, 2.24) is 0 Å². The van der Waals surface area contributed by atoms with Gasteiger partial charge in [-0.15, -0.1) is 0 Å². The van der Waals surface area contributed by atoms with E-state index in [-0.39, 0.29) is 5.91 Å². The largest absolute Gasteiger partial charge is 0.370 e. The summed E-state index contributed by atoms with van der Waals surface area (Å²) < 4.78 is 0. The Morgan fingerprint density at radius 1 is 0.900 bits per heavy atom. The van der Waals surface area contributed by atoms with Crippen LogP contribution in [0.5, 0.6) is 0 Å². The zero-order valence-electron chi connectivity index (χ0n) is 11.7. The Kier molecular flexibility index (Phi) is 5.36. The number of benzene rings is 2. The molecule has 20 heavy (non-hydrogen) atoms. The van der Waals surface area contributed by atoms with Crippen LogP contribution in [0.4, 0.5) is 0 Å². The van der Waals surface area contributed by atoms with Gasteiger partial charge in [0.2, 0.25) is 5.91 Å². The molecule has 0 fully saturated rings. The molecule has 0 aliphatic heterocycles. The van der Waals surface area contributed by atoms with E-state index in [0.717, 1.165) is 19.3 Å². The van der Waals surface area contributed by atoms with Crippen molar-refractivity contribution in [2.45, 2.75) is 31.6 Å². The van der Waals surface area contributed by atoms with Gasteiger partial charge in [-0.1, -0.05) is 60.7 Å². The minimum atomic E-state index is -0.217. The number of amides is 1. The molecule has 2 aromatic carbocycles. The average Bonchev–Trinajstić information content (AvgIpc) is 2.49. The first kappa shape index (κ1) is 14.3. The van der Waals surface area contributed by atoms with Crippen LogP contribution in [0.2, 0.25) is 0 Å². The summed E-state index contributed by atoms with van der Waals surface area (Å²) in [6.45, 7) is 0. The molecule has 2 heteroatoms. The highest BCUT2D eigenvalue weighted by molar-refractivity contribution is 5.73. The molecule has 0 radical (unpaired) electrons. The molecule has 0 heterocycles. The lowest BCUT2D eigenvalue weighted by Crippen LogP contribution is -2.12. The van der Waals surface area contributed by atoms with Crippen LogP contribution in [0.1, 0.15) is 36.3 Å². The highest BCUT2D eigenvalue weighted by atomic mass is 16.1. The molecule has 0 aromatic heterocycles. The fraction of sp³-hybridized carbons (Fsp3) is 0.278. The number of hydrogen-bond acceptors (Lipinski definition) is 1. The molecule has 0 aliphatic carbocycles. The van der Waals surface area contributed by atoms with Gasteiger partial charge in [0, 0.05) is 6.42 Å². The normalized spacial score (nSPS) is 12.0. The number of hydrogen-bond donors (Lipinski definition) is 1. The molecule has 2 N–H and O–H groups in total. The van der Waals surface area contributed by atoms with Crippen molar-refractivity contribution in [2.24, 2.45) is 5.73 Å². The Bertz CT molecular complexity index is 522. The van der Waals surface area contributed by atoms with Gasteiger partial charge in [0.1, 0.15) is 0 Å². The first-order valence-electron chi connectivity index (χ1n) is 7.13. The average molecular weight is 267 g/mol. The summed E-state index contributed by atoms with van der Waals surface area (Å²) in [5.41, 5.74) is 7.92. The summed E-state index contributed by atoms with van der Waals surface area (Å²) >= 11 is 0. The maximum atomic E-state index is 11.0. The van der Waals surface area contributed by atoms with Crippen molar-refractivity contribution >= 4 is 5.91 Å². The second-order valence-electron chi connectivity index (χ2n) is 5.14. The van der Waals surface area contributed by atoms with E-state index in [4.69, 9.17) is 5.73 Å². The van der Waals surface area contributed by atoms with Crippen LogP contribution in [-0.4, -0.2) is 5.91 Å². The van der Waals surface area contributed by atoms with Crippen molar-refractivity contribution in [3.8, 4) is 0 Å². The van der Waals surface area contributed by atoms with Gasteiger partial charge in [-0.05, 0) is 36.3 Å². The monoisotopic (exact) mass is 267 g/mol. The van der Waals surface area contributed by atoms with E-state index in [1.165, 1.54) is 11.1 Å². The van der Waals surface area contributed by atoms with Gasteiger partial charge >= 0.3 is 0 Å². The molecular weight excluding hydrogens is 246 g/mol. The molecule has 0 spiro atoms. The Morgan fingerprint density at radius 3 is 2.10 bits per heavy atom. The lowest BCUT2D eigenvalue weighted by atomic mass is 9.88. The van der Waals surface area contributed by atoms with Crippen molar-refractivity contribution in [1.29, 1.82) is 0 Å². The van der Waals surface area contributed by atoms with E-state index in [1.807, 2.05) is 12.1 Å². The zero-order valence-corrected chi connectivity index (χ0v) is 11.7. The third-order valence-corrected chi connectivity index (χ3v) is 3.63. The highest BCUT2D eigenvalue weighted by Crippen LogP contribution is 2.26. The quantitative estimate of drug-likeness (QED) is 0.817. The van der Waals surface area contributed by atoms with E-state index < -0.39 is 0 Å². The smallest absolute Gasteiger partial charge is 0.217 e. The van der Waals surface area contributed by atoms with Crippen LogP contribution in [-0.2, 0) is 11.2 Å². The molecule has 1 amide bonds. The maximum absolute atomic E-state index is 11.0. The predicted octanol–water partition coefficient (Wildman–Crippen LogP) is 3.67. The van der Waals surface area contributed by atoms with Crippen LogP contribution < -0.4 is 5.73 Å². The molecule has 0 saturated heterocycles. The summed E-state index contributed by atoms with van der Waals surface area (Å²) in [6, 6.07) is 20.9. The summed E-state index contributed by atoms with van der Waals surface area (Å²) in [5, 5.41) is 0. The van der Waals surface area contributed by atoms with Crippen LogP contribution >= 0.6 is 0 Å². The van der Waals surface area contributed by atoms with Gasteiger partial charge in [0.05, 0.1) is 0 Å². The second kappa shape index (κ2) is 7.49. The van der Waals surface area contributed by atoms with Gasteiger partial charge in [-0.25, -0.2) is 0 Å². The molecular formula is C18H21NO. The molecule has 104 valence electrons. The van der Waals surface area contributed by atoms with Crippen molar-refractivity contribution in [3.63, 3.8) is 0 Å². The van der Waals surface area contributed by atoms with Gasteiger partial charge in [-0.3, -0.25) is 4.79 Å². The minimum Gasteiger partial charge on any atom is -0.370 e. The van der Waals surface area contributed by atoms with Gasteiger partial charge in [0.25, 0.3) is 0 Å².